The third kappa shape index (κ3) is 9.54. The van der Waals surface area contributed by atoms with Gasteiger partial charge in [0.2, 0.25) is 17.7 Å². The predicted octanol–water partition coefficient (Wildman–Crippen LogP) is 2.76. The topological polar surface area (TPSA) is 154 Å². The summed E-state index contributed by atoms with van der Waals surface area (Å²) in [7, 11) is 0. The third-order valence-electron chi connectivity index (χ3n) is 7.88. The number of amides is 4. The van der Waals surface area contributed by atoms with Gasteiger partial charge in [-0.15, -0.1) is 11.8 Å². The molecule has 0 bridgehead atoms. The maximum absolute atomic E-state index is 13.9. The van der Waals surface area contributed by atoms with Gasteiger partial charge >= 0.3 is 0 Å². The fourth-order valence-corrected chi connectivity index (χ4v) is 6.39. The van der Waals surface area contributed by atoms with Crippen LogP contribution in [0, 0.1) is 11.3 Å². The van der Waals surface area contributed by atoms with Gasteiger partial charge in [0, 0.05) is 11.3 Å². The zero-order valence-electron chi connectivity index (χ0n) is 27.4. The van der Waals surface area contributed by atoms with E-state index in [9.17, 15) is 24.3 Å². The van der Waals surface area contributed by atoms with E-state index in [0.29, 0.717) is 12.1 Å². The first-order chi connectivity index (χ1) is 21.0. The molecule has 1 saturated heterocycles. The van der Waals surface area contributed by atoms with Gasteiger partial charge in [0.1, 0.15) is 18.1 Å². The highest BCUT2D eigenvalue weighted by molar-refractivity contribution is 8.00. The van der Waals surface area contributed by atoms with E-state index in [1.54, 1.807) is 24.3 Å². The molecule has 2 aromatic carbocycles. The van der Waals surface area contributed by atoms with Crippen molar-refractivity contribution < 1.29 is 24.3 Å². The highest BCUT2D eigenvalue weighted by atomic mass is 32.2. The smallest absolute Gasteiger partial charge is 0.254 e. The van der Waals surface area contributed by atoms with E-state index in [1.807, 2.05) is 84.9 Å². The molecular formula is C34H49N5O5S. The molecule has 4 amide bonds. The van der Waals surface area contributed by atoms with Crippen molar-refractivity contribution in [3.8, 4) is 0 Å². The van der Waals surface area contributed by atoms with Gasteiger partial charge in [0.25, 0.3) is 5.91 Å². The van der Waals surface area contributed by atoms with Crippen LogP contribution < -0.4 is 21.7 Å². The summed E-state index contributed by atoms with van der Waals surface area (Å²) < 4.78 is -0.590. The molecule has 0 spiro atoms. The van der Waals surface area contributed by atoms with Crippen molar-refractivity contribution in [2.45, 2.75) is 89.9 Å². The fourth-order valence-electron chi connectivity index (χ4n) is 5.25. The molecule has 1 aliphatic rings. The van der Waals surface area contributed by atoms with Crippen LogP contribution in [-0.2, 0) is 25.6 Å². The van der Waals surface area contributed by atoms with Crippen molar-refractivity contribution in [2.24, 2.45) is 17.1 Å². The van der Waals surface area contributed by atoms with Crippen LogP contribution in [0.1, 0.15) is 65.6 Å². The van der Waals surface area contributed by atoms with Crippen molar-refractivity contribution in [2.75, 3.05) is 12.4 Å². The number of nitrogens with two attached hydrogens (primary N) is 1. The summed E-state index contributed by atoms with van der Waals surface area (Å²) in [6.07, 6.45) is -1.52. The van der Waals surface area contributed by atoms with Crippen LogP contribution in [0.2, 0.25) is 0 Å². The highest BCUT2D eigenvalue weighted by Crippen LogP contribution is 2.40. The third-order valence-corrected chi connectivity index (χ3v) is 9.25. The van der Waals surface area contributed by atoms with Gasteiger partial charge in [-0.25, -0.2) is 0 Å². The van der Waals surface area contributed by atoms with Crippen LogP contribution in [0.5, 0.6) is 0 Å². The SMILES string of the molecule is CC(C)CNC(=O)[C@H]1N(C(=O)[C@@H](O)[C@H](Cc2ccccc2)NC(=O)[C@@H](NC(=O)[C@@H](N)c2ccccc2)C(C)(C)C)CSC1(C)C. The number of aliphatic hydroxyl groups excluding tert-OH is 1. The average Bonchev–Trinajstić information content (AvgIpc) is 3.31. The Kier molecular flexibility index (Phi) is 12.2. The lowest BCUT2D eigenvalue weighted by Crippen LogP contribution is -2.61. The Morgan fingerprint density at radius 2 is 1.56 bits per heavy atom. The summed E-state index contributed by atoms with van der Waals surface area (Å²) >= 11 is 1.46. The summed E-state index contributed by atoms with van der Waals surface area (Å²) in [6, 6.07) is 14.2. The summed E-state index contributed by atoms with van der Waals surface area (Å²) in [6.45, 7) is 13.7. The Balaban J connectivity index is 1.87. The molecule has 0 aromatic heterocycles. The van der Waals surface area contributed by atoms with E-state index in [4.69, 9.17) is 5.73 Å². The molecule has 3 rings (SSSR count). The Morgan fingerprint density at radius 1 is 0.978 bits per heavy atom. The quantitative estimate of drug-likeness (QED) is 0.239. The zero-order chi connectivity index (χ0) is 33.5. The second-order valence-corrected chi connectivity index (χ2v) is 15.3. The van der Waals surface area contributed by atoms with E-state index in [1.165, 1.54) is 16.7 Å². The standard InChI is InChI=1S/C34H49N5O5S/c1-21(2)19-36-31(43)28-34(6,7)45-20-39(28)32(44)26(40)24(18-22-14-10-8-11-15-22)37-30(42)27(33(3,4)5)38-29(41)25(35)23-16-12-9-13-17-23/h8-17,21,24-28,40H,18-20,35H2,1-7H3,(H,36,43)(H,37,42)(H,38,41)/t24-,25-,26-,27+,28+/m0/s1. The van der Waals surface area contributed by atoms with Crippen molar-refractivity contribution in [1.29, 1.82) is 0 Å². The Morgan fingerprint density at radius 3 is 2.11 bits per heavy atom. The van der Waals surface area contributed by atoms with Crippen molar-refractivity contribution in [3.05, 3.63) is 71.8 Å². The molecule has 6 N–H and O–H groups in total. The lowest BCUT2D eigenvalue weighted by Gasteiger charge is -2.35. The van der Waals surface area contributed by atoms with Crippen LogP contribution in [0.3, 0.4) is 0 Å². The molecule has 5 atom stereocenters. The first kappa shape index (κ1) is 36.1. The number of carbonyl (C=O) groups is 4. The number of hydrogen-bond donors (Lipinski definition) is 5. The molecule has 10 nitrogen and oxygen atoms in total. The normalized spacial score (nSPS) is 18.9. The minimum Gasteiger partial charge on any atom is -0.381 e. The Hall–Kier alpha value is -3.41. The van der Waals surface area contributed by atoms with Gasteiger partial charge < -0.3 is 31.7 Å². The van der Waals surface area contributed by atoms with Crippen molar-refractivity contribution >= 4 is 35.4 Å². The number of aliphatic hydroxyl groups is 1. The van der Waals surface area contributed by atoms with Gasteiger partial charge in [-0.2, -0.15) is 0 Å². The van der Waals surface area contributed by atoms with E-state index < -0.39 is 58.2 Å². The minimum absolute atomic E-state index is 0.141. The van der Waals surface area contributed by atoms with E-state index in [2.05, 4.69) is 16.0 Å². The first-order valence-electron chi connectivity index (χ1n) is 15.4. The first-order valence-corrected chi connectivity index (χ1v) is 16.4. The van der Waals surface area contributed by atoms with Crippen LogP contribution in [-0.4, -0.2) is 75.0 Å². The maximum Gasteiger partial charge on any atom is 0.254 e. The molecule has 1 fully saturated rings. The number of rotatable bonds is 12. The molecular weight excluding hydrogens is 590 g/mol. The number of nitrogens with one attached hydrogen (secondary N) is 3. The molecule has 11 heteroatoms. The summed E-state index contributed by atoms with van der Waals surface area (Å²) in [4.78, 5) is 55.7. The molecule has 0 radical (unpaired) electrons. The number of thioether (sulfide) groups is 1. The fraction of sp³-hybridized carbons (Fsp3) is 0.529. The Labute approximate surface area is 271 Å². The van der Waals surface area contributed by atoms with E-state index >= 15 is 0 Å². The second-order valence-electron chi connectivity index (χ2n) is 13.7. The Bertz CT molecular complexity index is 1320. The second kappa shape index (κ2) is 15.2. The lowest BCUT2D eigenvalue weighted by molar-refractivity contribution is -0.148. The molecule has 1 aliphatic heterocycles. The number of hydrogen-bond acceptors (Lipinski definition) is 7. The van der Waals surface area contributed by atoms with Crippen LogP contribution in [0.25, 0.3) is 0 Å². The molecule has 0 saturated carbocycles. The van der Waals surface area contributed by atoms with Gasteiger partial charge in [0.15, 0.2) is 6.10 Å². The summed E-state index contributed by atoms with van der Waals surface area (Å²) in [5.74, 6) is -1.59. The minimum atomic E-state index is -1.66. The molecule has 45 heavy (non-hydrogen) atoms. The zero-order valence-corrected chi connectivity index (χ0v) is 28.2. The van der Waals surface area contributed by atoms with Crippen molar-refractivity contribution in [1.82, 2.24) is 20.9 Å². The molecule has 2 aromatic rings. The van der Waals surface area contributed by atoms with Gasteiger partial charge in [-0.05, 0) is 42.7 Å². The van der Waals surface area contributed by atoms with Crippen molar-refractivity contribution in [3.63, 3.8) is 0 Å². The maximum atomic E-state index is 13.9. The largest absolute Gasteiger partial charge is 0.381 e. The number of carbonyl (C=O) groups excluding carboxylic acids is 4. The van der Waals surface area contributed by atoms with Gasteiger partial charge in [-0.3, -0.25) is 19.2 Å². The van der Waals surface area contributed by atoms with Crippen LogP contribution in [0.15, 0.2) is 60.7 Å². The van der Waals surface area contributed by atoms with Crippen LogP contribution >= 0.6 is 11.8 Å². The monoisotopic (exact) mass is 639 g/mol. The predicted molar refractivity (Wildman–Crippen MR) is 178 cm³/mol. The molecule has 246 valence electrons. The molecule has 0 unspecified atom stereocenters. The van der Waals surface area contributed by atoms with Crippen LogP contribution in [0.4, 0.5) is 0 Å². The van der Waals surface area contributed by atoms with E-state index in [-0.39, 0.29) is 24.1 Å². The molecule has 1 heterocycles. The number of benzene rings is 2. The van der Waals surface area contributed by atoms with Gasteiger partial charge in [-0.1, -0.05) is 95.3 Å². The summed E-state index contributed by atoms with van der Waals surface area (Å²) in [5.41, 5.74) is 6.87. The van der Waals surface area contributed by atoms with Gasteiger partial charge in [0.05, 0.1) is 11.9 Å². The average molecular weight is 640 g/mol. The summed E-state index contributed by atoms with van der Waals surface area (Å²) in [5, 5.41) is 20.2. The lowest BCUT2D eigenvalue weighted by atomic mass is 9.85. The number of nitrogens with zero attached hydrogens (tertiary/aromatic N) is 1. The molecule has 0 aliphatic carbocycles. The highest BCUT2D eigenvalue weighted by Gasteiger charge is 2.50. The van der Waals surface area contributed by atoms with E-state index in [0.717, 1.165) is 5.56 Å².